The molecule has 7 heteroatoms. The zero-order valence-electron chi connectivity index (χ0n) is 9.83. The van der Waals surface area contributed by atoms with Gasteiger partial charge in [-0.15, -0.1) is 0 Å². The lowest BCUT2D eigenvalue weighted by Gasteiger charge is -2.26. The molecule has 0 radical (unpaired) electrons. The molecule has 0 aliphatic carbocycles. The molecule has 0 aromatic heterocycles. The third-order valence-electron chi connectivity index (χ3n) is 2.78. The van der Waals surface area contributed by atoms with Gasteiger partial charge in [0.05, 0.1) is 12.1 Å². The van der Waals surface area contributed by atoms with Gasteiger partial charge in [-0.05, 0) is 24.3 Å². The molecule has 0 bridgehead atoms. The second-order valence-corrected chi connectivity index (χ2v) is 4.15. The second-order valence-electron chi connectivity index (χ2n) is 4.15. The van der Waals surface area contributed by atoms with E-state index in [-0.39, 0.29) is 18.0 Å². The van der Waals surface area contributed by atoms with Crippen LogP contribution in [-0.4, -0.2) is 36.3 Å². The molecule has 2 amide bonds. The van der Waals surface area contributed by atoms with Crippen molar-refractivity contribution in [2.45, 2.75) is 6.18 Å². The number of hydrogen-bond donors (Lipinski definition) is 1. The maximum Gasteiger partial charge on any atom is 0.416 e. The summed E-state index contributed by atoms with van der Waals surface area (Å²) in [5, 5.41) is 2.57. The average molecular weight is 272 g/mol. The van der Waals surface area contributed by atoms with Gasteiger partial charge < -0.3 is 10.2 Å². The number of carbonyl (C=O) groups is 2. The van der Waals surface area contributed by atoms with Gasteiger partial charge >= 0.3 is 6.18 Å². The van der Waals surface area contributed by atoms with Crippen LogP contribution in [0.5, 0.6) is 0 Å². The Morgan fingerprint density at radius 3 is 2.37 bits per heavy atom. The fourth-order valence-corrected chi connectivity index (χ4v) is 1.80. The van der Waals surface area contributed by atoms with Crippen molar-refractivity contribution in [3.8, 4) is 0 Å². The highest BCUT2D eigenvalue weighted by atomic mass is 19.4. The van der Waals surface area contributed by atoms with Gasteiger partial charge in [0.2, 0.25) is 5.91 Å². The Bertz CT molecular complexity index is 497. The van der Waals surface area contributed by atoms with Gasteiger partial charge in [0.15, 0.2) is 0 Å². The van der Waals surface area contributed by atoms with Gasteiger partial charge in [0.25, 0.3) is 5.91 Å². The maximum atomic E-state index is 12.4. The number of alkyl halides is 3. The Balaban J connectivity index is 2.13. The van der Waals surface area contributed by atoms with Crippen LogP contribution in [0, 0.1) is 0 Å². The minimum Gasteiger partial charge on any atom is -0.353 e. The smallest absolute Gasteiger partial charge is 0.353 e. The largest absolute Gasteiger partial charge is 0.416 e. The summed E-state index contributed by atoms with van der Waals surface area (Å²) in [7, 11) is 0. The molecular weight excluding hydrogens is 261 g/mol. The van der Waals surface area contributed by atoms with Crippen molar-refractivity contribution in [1.82, 2.24) is 10.2 Å². The van der Waals surface area contributed by atoms with E-state index in [0.29, 0.717) is 13.1 Å². The van der Waals surface area contributed by atoms with Crippen LogP contribution in [0.2, 0.25) is 0 Å². The van der Waals surface area contributed by atoms with Gasteiger partial charge in [-0.25, -0.2) is 0 Å². The number of hydrogen-bond acceptors (Lipinski definition) is 2. The van der Waals surface area contributed by atoms with Crippen molar-refractivity contribution in [3.05, 3.63) is 35.4 Å². The monoisotopic (exact) mass is 272 g/mol. The third kappa shape index (κ3) is 3.04. The lowest BCUT2D eigenvalue weighted by atomic mass is 10.1. The number of nitrogens with one attached hydrogen (secondary N) is 1. The molecule has 2 rings (SSSR count). The number of halogens is 3. The van der Waals surface area contributed by atoms with Crippen LogP contribution in [-0.2, 0) is 11.0 Å². The van der Waals surface area contributed by atoms with E-state index in [9.17, 15) is 22.8 Å². The van der Waals surface area contributed by atoms with E-state index in [2.05, 4.69) is 5.32 Å². The summed E-state index contributed by atoms with van der Waals surface area (Å²) in [5.74, 6) is -0.713. The Morgan fingerprint density at radius 1 is 1.21 bits per heavy atom. The first-order valence-corrected chi connectivity index (χ1v) is 5.61. The van der Waals surface area contributed by atoms with Crippen molar-refractivity contribution in [1.29, 1.82) is 0 Å². The van der Waals surface area contributed by atoms with Gasteiger partial charge in [-0.1, -0.05) is 0 Å². The zero-order valence-corrected chi connectivity index (χ0v) is 9.83. The second kappa shape index (κ2) is 4.91. The van der Waals surface area contributed by atoms with Gasteiger partial charge in [0.1, 0.15) is 0 Å². The molecule has 0 unspecified atom stereocenters. The average Bonchev–Trinajstić information content (AvgIpc) is 2.37. The predicted molar refractivity (Wildman–Crippen MR) is 60.4 cm³/mol. The Hall–Kier alpha value is -2.05. The lowest BCUT2D eigenvalue weighted by Crippen LogP contribution is -2.49. The molecule has 1 fully saturated rings. The van der Waals surface area contributed by atoms with Crippen LogP contribution in [0.1, 0.15) is 15.9 Å². The predicted octanol–water partition coefficient (Wildman–Crippen LogP) is 1.28. The van der Waals surface area contributed by atoms with Crippen LogP contribution in [0.25, 0.3) is 0 Å². The molecular formula is C12H11F3N2O2. The number of carbonyl (C=O) groups excluding carboxylic acids is 2. The molecule has 1 aromatic carbocycles. The molecule has 1 aromatic rings. The summed E-state index contributed by atoms with van der Waals surface area (Å²) in [6.45, 7) is 0.636. The Kier molecular flexibility index (Phi) is 3.46. The Labute approximate surface area is 107 Å². The summed E-state index contributed by atoms with van der Waals surface area (Å²) < 4.78 is 37.1. The molecule has 102 valence electrons. The third-order valence-corrected chi connectivity index (χ3v) is 2.78. The fourth-order valence-electron chi connectivity index (χ4n) is 1.80. The first-order chi connectivity index (χ1) is 8.88. The summed E-state index contributed by atoms with van der Waals surface area (Å²) >= 11 is 0. The van der Waals surface area contributed by atoms with E-state index in [0.717, 1.165) is 24.3 Å². The summed E-state index contributed by atoms with van der Waals surface area (Å²) in [5.41, 5.74) is -0.664. The summed E-state index contributed by atoms with van der Waals surface area (Å²) in [6.07, 6.45) is -4.42. The minimum atomic E-state index is -4.42. The molecule has 0 atom stereocenters. The molecule has 4 nitrogen and oxygen atoms in total. The maximum absolute atomic E-state index is 12.4. The lowest BCUT2D eigenvalue weighted by molar-refractivity contribution is -0.137. The van der Waals surface area contributed by atoms with E-state index < -0.39 is 17.6 Å². The zero-order chi connectivity index (χ0) is 14.0. The van der Waals surface area contributed by atoms with Crippen molar-refractivity contribution >= 4 is 11.8 Å². The van der Waals surface area contributed by atoms with Crippen molar-refractivity contribution in [3.63, 3.8) is 0 Å². The molecule has 1 saturated heterocycles. The quantitative estimate of drug-likeness (QED) is 0.837. The van der Waals surface area contributed by atoms with Crippen LogP contribution in [0.4, 0.5) is 13.2 Å². The van der Waals surface area contributed by atoms with E-state index in [1.807, 2.05) is 0 Å². The highest BCUT2D eigenvalue weighted by molar-refractivity contribution is 5.97. The van der Waals surface area contributed by atoms with Crippen LogP contribution < -0.4 is 5.32 Å². The van der Waals surface area contributed by atoms with E-state index in [1.165, 1.54) is 4.90 Å². The fraction of sp³-hybridized carbons (Fsp3) is 0.333. The van der Waals surface area contributed by atoms with Crippen LogP contribution >= 0.6 is 0 Å². The number of rotatable bonds is 1. The minimum absolute atomic E-state index is 0.0696. The molecule has 19 heavy (non-hydrogen) atoms. The first-order valence-electron chi connectivity index (χ1n) is 5.61. The SMILES string of the molecule is O=C1CN(C(=O)c2ccc(C(F)(F)F)cc2)CCN1. The number of benzene rings is 1. The van der Waals surface area contributed by atoms with Crippen molar-refractivity contribution in [2.24, 2.45) is 0 Å². The highest BCUT2D eigenvalue weighted by Gasteiger charge is 2.30. The highest BCUT2D eigenvalue weighted by Crippen LogP contribution is 2.29. The molecule has 1 heterocycles. The molecule has 0 spiro atoms. The van der Waals surface area contributed by atoms with Crippen molar-refractivity contribution < 1.29 is 22.8 Å². The van der Waals surface area contributed by atoms with Gasteiger partial charge in [-0.2, -0.15) is 13.2 Å². The molecule has 1 aliphatic heterocycles. The number of nitrogens with zero attached hydrogens (tertiary/aromatic N) is 1. The number of amides is 2. The Morgan fingerprint density at radius 2 is 1.84 bits per heavy atom. The molecule has 1 aliphatic rings. The molecule has 1 N–H and O–H groups in total. The van der Waals surface area contributed by atoms with Crippen LogP contribution in [0.3, 0.4) is 0 Å². The van der Waals surface area contributed by atoms with E-state index >= 15 is 0 Å². The topological polar surface area (TPSA) is 49.4 Å². The van der Waals surface area contributed by atoms with E-state index in [1.54, 1.807) is 0 Å². The first kappa shape index (κ1) is 13.4. The standard InChI is InChI=1S/C12H11F3N2O2/c13-12(14,15)9-3-1-8(2-4-9)11(19)17-6-5-16-10(18)7-17/h1-4H,5-7H2,(H,16,18). The van der Waals surface area contributed by atoms with E-state index in [4.69, 9.17) is 0 Å². The van der Waals surface area contributed by atoms with Gasteiger partial charge in [0, 0.05) is 18.7 Å². The number of piperazine rings is 1. The van der Waals surface area contributed by atoms with Gasteiger partial charge in [-0.3, -0.25) is 9.59 Å². The van der Waals surface area contributed by atoms with Crippen molar-refractivity contribution in [2.75, 3.05) is 19.6 Å². The van der Waals surface area contributed by atoms with Crippen LogP contribution in [0.15, 0.2) is 24.3 Å². The summed E-state index contributed by atoms with van der Waals surface area (Å²) in [6, 6.07) is 3.96. The molecule has 0 saturated carbocycles. The summed E-state index contributed by atoms with van der Waals surface area (Å²) in [4.78, 5) is 24.4. The normalized spacial score (nSPS) is 16.2.